The zero-order valence-electron chi connectivity index (χ0n) is 38.7. The topological polar surface area (TPSA) is 263 Å². The molecule has 7 amide bonds. The third-order valence-corrected chi connectivity index (χ3v) is 15.6. The largest absolute Gasteiger partial charge is 0.399 e. The number of halogens is 2. The standard InChI is InChI=1S/C49H57F2N6O11PS/c1-2-3-15-36(54-45(62)40-25-29-23-31(17-20-39(29)70-40)49(50,51)69(66,67)68)48(65)57-26-30-24-33(30)43(57)46(63)53-35(18-21-41(52)59)38(58)16-10-8-6-4-5-7-9-12-28-13-11-14-32-34(28)27-56(47(32)64)37-19-22-42(60)55-44(37)61/h11,13-14,17,20,23,25,30,33,35-37,43H,2-8,10,15-16,18-19,21-22,24,26-27H2,1H3,(H2,52,59)(H,53,63)(H,54,62)(H,55,60,61)(H2,66,67,68)/t30-,33-,35+,36+,37?,43-/m1/s1. The zero-order chi connectivity index (χ0) is 50.5. The highest BCUT2D eigenvalue weighted by Gasteiger charge is 2.58. The van der Waals surface area contributed by atoms with E-state index < -0.39 is 72.5 Å². The Labute approximate surface area is 407 Å². The number of alkyl halides is 2. The maximum absolute atomic E-state index is 14.4. The van der Waals surface area contributed by atoms with E-state index in [4.69, 9.17) is 5.73 Å². The Morgan fingerprint density at radius 1 is 0.971 bits per heavy atom. The number of piperidine rings is 2. The minimum absolute atomic E-state index is 0.0101. The lowest BCUT2D eigenvalue weighted by atomic mass is 9.99. The lowest BCUT2D eigenvalue weighted by Gasteiger charge is -2.31. The van der Waals surface area contributed by atoms with Crippen LogP contribution in [0.3, 0.4) is 0 Å². The number of nitrogens with zero attached hydrogens (tertiary/aromatic N) is 2. The SMILES string of the molecule is CCCC[C@H](NC(=O)c1cc2cc(C(F)(F)P(=O)(O)O)ccc2s1)C(=O)N1C[C@H]2C[C@H]2[C@@H]1C(=O)N[C@@H](CCC(N)=O)C(=O)CCCCCCCC#Cc1cccc2c1CN(C1CCC(=O)NC1=O)C2=O. The first-order valence-corrected chi connectivity index (χ1v) is 26.2. The second kappa shape index (κ2) is 22.0. The molecule has 2 saturated heterocycles. The van der Waals surface area contributed by atoms with Crippen molar-refractivity contribution in [1.82, 2.24) is 25.8 Å². The van der Waals surface area contributed by atoms with Gasteiger partial charge in [0.05, 0.1) is 10.9 Å². The van der Waals surface area contributed by atoms with Gasteiger partial charge in [-0.3, -0.25) is 48.2 Å². The predicted octanol–water partition coefficient (Wildman–Crippen LogP) is 5.13. The molecule has 4 aliphatic rings. The number of ketones is 1. The van der Waals surface area contributed by atoms with Gasteiger partial charge in [-0.2, -0.15) is 8.78 Å². The van der Waals surface area contributed by atoms with Crippen LogP contribution in [0.4, 0.5) is 8.78 Å². The molecule has 3 fully saturated rings. The van der Waals surface area contributed by atoms with Crippen LogP contribution in [0, 0.1) is 23.7 Å². The predicted molar refractivity (Wildman–Crippen MR) is 253 cm³/mol. The van der Waals surface area contributed by atoms with Crippen molar-refractivity contribution in [3.63, 3.8) is 0 Å². The zero-order valence-corrected chi connectivity index (χ0v) is 40.4. The number of hydrogen-bond donors (Lipinski definition) is 6. The van der Waals surface area contributed by atoms with E-state index >= 15 is 0 Å². The van der Waals surface area contributed by atoms with Gasteiger partial charge in [0.1, 0.15) is 18.1 Å². The molecule has 3 aliphatic heterocycles. The lowest BCUT2D eigenvalue weighted by molar-refractivity contribution is -0.142. The Morgan fingerprint density at radius 2 is 1.73 bits per heavy atom. The number of benzene rings is 2. The Bertz CT molecular complexity index is 2700. The fourth-order valence-electron chi connectivity index (χ4n) is 9.57. The first-order valence-electron chi connectivity index (χ1n) is 23.7. The van der Waals surface area contributed by atoms with Gasteiger partial charge in [0.2, 0.25) is 29.5 Å². The molecule has 17 nitrogen and oxygen atoms in total. The van der Waals surface area contributed by atoms with E-state index in [2.05, 4.69) is 27.8 Å². The van der Waals surface area contributed by atoms with E-state index in [1.54, 1.807) is 12.1 Å². The summed E-state index contributed by atoms with van der Waals surface area (Å²) in [7, 11) is -5.83. The number of fused-ring (bicyclic) bond motifs is 3. The molecular weight excluding hydrogens is 950 g/mol. The molecule has 0 bridgehead atoms. The molecule has 1 aliphatic carbocycles. The Morgan fingerprint density at radius 3 is 2.46 bits per heavy atom. The number of primary amides is 1. The number of carbonyl (C=O) groups is 8. The summed E-state index contributed by atoms with van der Waals surface area (Å²) in [5.41, 5.74) is 2.07. The lowest BCUT2D eigenvalue weighted by Crippen LogP contribution is -2.56. The van der Waals surface area contributed by atoms with Gasteiger partial charge in [-0.25, -0.2) is 0 Å². The van der Waals surface area contributed by atoms with Crippen LogP contribution in [0.25, 0.3) is 10.1 Å². The molecule has 70 heavy (non-hydrogen) atoms. The quantitative estimate of drug-likeness (QED) is 0.0333. The first kappa shape index (κ1) is 52.0. The van der Waals surface area contributed by atoms with Crippen molar-refractivity contribution in [3.8, 4) is 11.8 Å². The average molecular weight is 1010 g/mol. The van der Waals surface area contributed by atoms with Gasteiger partial charge in [-0.15, -0.1) is 11.3 Å². The molecule has 1 aromatic heterocycles. The number of imide groups is 1. The minimum Gasteiger partial charge on any atom is -0.370 e. The fourth-order valence-corrected chi connectivity index (χ4v) is 11.0. The van der Waals surface area contributed by atoms with Gasteiger partial charge >= 0.3 is 13.3 Å². The number of Topliss-reactive ketones (excluding diaryl/α,β-unsaturated/α-hetero) is 1. The molecule has 2 aromatic carbocycles. The number of unbranched alkanes of at least 4 members (excludes halogenated alkanes) is 6. The van der Waals surface area contributed by atoms with E-state index in [0.717, 1.165) is 54.7 Å². The maximum Gasteiger partial charge on any atom is 0.399 e. The molecule has 3 aromatic rings. The van der Waals surface area contributed by atoms with Gasteiger partial charge in [0.25, 0.3) is 11.8 Å². The number of nitrogens with one attached hydrogen (secondary N) is 3. The molecule has 1 saturated carbocycles. The molecular formula is C49H57F2N6O11PS. The number of amides is 7. The number of carbonyl (C=O) groups excluding carboxylic acids is 8. The van der Waals surface area contributed by atoms with Crippen molar-refractivity contribution in [1.29, 1.82) is 0 Å². The van der Waals surface area contributed by atoms with E-state index in [1.807, 2.05) is 13.0 Å². The second-order valence-electron chi connectivity index (χ2n) is 18.5. The van der Waals surface area contributed by atoms with Crippen LogP contribution >= 0.6 is 18.9 Å². The number of thiophene rings is 1. The molecule has 0 radical (unpaired) electrons. The maximum atomic E-state index is 14.4. The Kier molecular flexibility index (Phi) is 16.4. The highest BCUT2D eigenvalue weighted by Crippen LogP contribution is 2.59. The highest BCUT2D eigenvalue weighted by atomic mass is 32.1. The monoisotopic (exact) mass is 1010 g/mol. The summed E-state index contributed by atoms with van der Waals surface area (Å²) in [6, 6.07) is 5.99. The third kappa shape index (κ3) is 11.8. The van der Waals surface area contributed by atoms with Crippen molar-refractivity contribution in [2.45, 2.75) is 140 Å². The number of hydrogen-bond acceptors (Lipinski definition) is 10. The fraction of sp³-hybridized carbons (Fsp3) is 0.510. The molecule has 374 valence electrons. The van der Waals surface area contributed by atoms with Crippen LogP contribution in [0.2, 0.25) is 0 Å². The van der Waals surface area contributed by atoms with Crippen molar-refractivity contribution < 1.29 is 61.5 Å². The molecule has 0 spiro atoms. The Hall–Kier alpha value is -5.87. The molecule has 6 atom stereocenters. The summed E-state index contributed by atoms with van der Waals surface area (Å²) in [4.78, 5) is 126. The van der Waals surface area contributed by atoms with Gasteiger partial charge in [0.15, 0.2) is 5.78 Å². The van der Waals surface area contributed by atoms with Gasteiger partial charge in [-0.1, -0.05) is 63.0 Å². The first-order chi connectivity index (χ1) is 33.3. The number of likely N-dealkylation sites (tertiary alicyclic amines) is 1. The van der Waals surface area contributed by atoms with Crippen LogP contribution < -0.4 is 21.7 Å². The van der Waals surface area contributed by atoms with Crippen LogP contribution in [0.1, 0.15) is 140 Å². The third-order valence-electron chi connectivity index (χ3n) is 13.5. The summed E-state index contributed by atoms with van der Waals surface area (Å²) in [6.07, 6.45) is 6.96. The summed E-state index contributed by atoms with van der Waals surface area (Å²) >= 11 is 0.955. The second-order valence-corrected chi connectivity index (χ2v) is 21.3. The van der Waals surface area contributed by atoms with Crippen LogP contribution in [-0.4, -0.2) is 97.4 Å². The number of nitrogens with two attached hydrogens (primary N) is 1. The normalized spacial score (nSPS) is 20.5. The van der Waals surface area contributed by atoms with Crippen molar-refractivity contribution in [2.75, 3.05) is 6.54 Å². The highest BCUT2D eigenvalue weighted by molar-refractivity contribution is 7.52. The van der Waals surface area contributed by atoms with Crippen molar-refractivity contribution in [2.24, 2.45) is 17.6 Å². The van der Waals surface area contributed by atoms with Gasteiger partial charge < -0.3 is 36.0 Å². The van der Waals surface area contributed by atoms with Crippen LogP contribution in [-0.2, 0) is 45.5 Å². The summed E-state index contributed by atoms with van der Waals surface area (Å²) in [6.45, 7) is 2.42. The average Bonchev–Trinajstić information content (AvgIpc) is 3.59. The van der Waals surface area contributed by atoms with Gasteiger partial charge in [-0.05, 0) is 91.6 Å². The van der Waals surface area contributed by atoms with E-state index in [0.29, 0.717) is 47.9 Å². The minimum atomic E-state index is -5.83. The van der Waals surface area contributed by atoms with Crippen molar-refractivity contribution in [3.05, 3.63) is 69.6 Å². The molecule has 4 heterocycles. The van der Waals surface area contributed by atoms with E-state index in [9.17, 15) is 61.5 Å². The van der Waals surface area contributed by atoms with E-state index in [1.165, 1.54) is 21.9 Å². The van der Waals surface area contributed by atoms with Crippen LogP contribution in [0.5, 0.6) is 0 Å². The van der Waals surface area contributed by atoms with Gasteiger partial charge in [0, 0.05) is 60.2 Å². The smallest absolute Gasteiger partial charge is 0.370 e. The molecule has 1 unspecified atom stereocenters. The Balaban J connectivity index is 0.897. The molecule has 7 N–H and O–H groups in total. The van der Waals surface area contributed by atoms with Crippen LogP contribution in [0.15, 0.2) is 42.5 Å². The molecule has 21 heteroatoms. The van der Waals surface area contributed by atoms with Crippen molar-refractivity contribution >= 4 is 76.2 Å². The van der Waals surface area contributed by atoms with E-state index in [-0.39, 0.29) is 91.3 Å². The number of rotatable bonds is 22. The summed E-state index contributed by atoms with van der Waals surface area (Å²) in [5.74, 6) is 2.61. The molecule has 7 rings (SSSR count). The summed E-state index contributed by atoms with van der Waals surface area (Å²) in [5, 5.41) is 8.06. The summed E-state index contributed by atoms with van der Waals surface area (Å²) < 4.78 is 40.8.